The number of thiazole rings is 1. The molecule has 0 saturated heterocycles. The number of aromatic nitrogens is 1. The molecule has 21 heavy (non-hydrogen) atoms. The fraction of sp³-hybridized carbons (Fsp3) is 0.357. The zero-order valence-corrected chi connectivity index (χ0v) is 12.4. The van der Waals surface area contributed by atoms with Gasteiger partial charge in [-0.2, -0.15) is 0 Å². The summed E-state index contributed by atoms with van der Waals surface area (Å²) in [5.74, 6) is -1.38. The quantitative estimate of drug-likeness (QED) is 0.709. The van der Waals surface area contributed by atoms with Gasteiger partial charge >= 0.3 is 5.97 Å². The second-order valence-electron chi connectivity index (χ2n) is 4.87. The molecule has 2 rings (SSSR count). The number of nitrogens with two attached hydrogens (primary N) is 1. The first kappa shape index (κ1) is 15.2. The monoisotopic (exact) mass is 307 g/mol. The Morgan fingerprint density at radius 3 is 2.95 bits per heavy atom. The van der Waals surface area contributed by atoms with Crippen LogP contribution in [0.3, 0.4) is 0 Å². The van der Waals surface area contributed by atoms with E-state index in [0.717, 1.165) is 10.2 Å². The van der Waals surface area contributed by atoms with E-state index in [9.17, 15) is 9.59 Å². The Morgan fingerprint density at radius 1 is 1.48 bits per heavy atom. The van der Waals surface area contributed by atoms with Crippen molar-refractivity contribution < 1.29 is 14.7 Å². The number of aliphatic carboxylic acids is 1. The van der Waals surface area contributed by atoms with Crippen LogP contribution in [0.5, 0.6) is 0 Å². The van der Waals surface area contributed by atoms with Gasteiger partial charge in [-0.3, -0.25) is 9.59 Å². The summed E-state index contributed by atoms with van der Waals surface area (Å²) in [6.45, 7) is 2.12. The number of nitrogens with one attached hydrogen (secondary N) is 1. The van der Waals surface area contributed by atoms with Crippen LogP contribution in [-0.4, -0.2) is 28.5 Å². The van der Waals surface area contributed by atoms with Gasteiger partial charge in [0, 0.05) is 12.1 Å². The maximum absolute atomic E-state index is 12.0. The maximum atomic E-state index is 12.0. The molecule has 1 aromatic carbocycles. The SMILES string of the molecule is CC(CCCNC(=O)c1ccc2nc(N)sc2c1)C(=O)O. The molecule has 0 radical (unpaired) electrons. The lowest BCUT2D eigenvalue weighted by Gasteiger charge is -2.07. The van der Waals surface area contributed by atoms with Gasteiger partial charge in [0.1, 0.15) is 0 Å². The summed E-state index contributed by atoms with van der Waals surface area (Å²) >= 11 is 1.34. The Hall–Kier alpha value is -2.15. The first-order valence-corrected chi connectivity index (χ1v) is 7.46. The summed E-state index contributed by atoms with van der Waals surface area (Å²) < 4.78 is 0.875. The van der Waals surface area contributed by atoms with Gasteiger partial charge in [-0.25, -0.2) is 4.98 Å². The van der Waals surface area contributed by atoms with Crippen LogP contribution in [0, 0.1) is 5.92 Å². The minimum absolute atomic E-state index is 0.174. The van der Waals surface area contributed by atoms with Crippen LogP contribution in [0.1, 0.15) is 30.1 Å². The molecule has 0 fully saturated rings. The smallest absolute Gasteiger partial charge is 0.306 e. The van der Waals surface area contributed by atoms with E-state index in [4.69, 9.17) is 10.8 Å². The highest BCUT2D eigenvalue weighted by atomic mass is 32.1. The first-order valence-electron chi connectivity index (χ1n) is 6.64. The number of hydrogen-bond acceptors (Lipinski definition) is 5. The number of benzene rings is 1. The molecule has 1 unspecified atom stereocenters. The summed E-state index contributed by atoms with van der Waals surface area (Å²) in [5, 5.41) is 12.0. The fourth-order valence-corrected chi connectivity index (χ4v) is 2.69. The third-order valence-corrected chi connectivity index (χ3v) is 4.04. The minimum Gasteiger partial charge on any atom is -0.481 e. The third kappa shape index (κ3) is 3.91. The van der Waals surface area contributed by atoms with Crippen molar-refractivity contribution >= 4 is 38.6 Å². The standard InChI is InChI=1S/C14H17N3O3S/c1-8(13(19)20)3-2-6-16-12(18)9-4-5-10-11(7-9)21-14(15)17-10/h4-5,7-8H,2-3,6H2,1H3,(H2,15,17)(H,16,18)(H,19,20). The van der Waals surface area contributed by atoms with Gasteiger partial charge in [0.25, 0.3) is 5.91 Å². The molecule has 4 N–H and O–H groups in total. The molecular weight excluding hydrogens is 290 g/mol. The van der Waals surface area contributed by atoms with Crippen LogP contribution in [-0.2, 0) is 4.79 Å². The molecule has 0 aliphatic carbocycles. The molecule has 1 heterocycles. The molecule has 112 valence electrons. The Kier molecular flexibility index (Phi) is 4.74. The van der Waals surface area contributed by atoms with E-state index in [2.05, 4.69) is 10.3 Å². The van der Waals surface area contributed by atoms with Crippen LogP contribution in [0.15, 0.2) is 18.2 Å². The normalized spacial score (nSPS) is 12.2. The van der Waals surface area contributed by atoms with Crippen molar-refractivity contribution in [2.75, 3.05) is 12.3 Å². The summed E-state index contributed by atoms with van der Waals surface area (Å²) in [5.41, 5.74) is 6.96. The van der Waals surface area contributed by atoms with E-state index in [1.165, 1.54) is 11.3 Å². The first-order chi connectivity index (χ1) is 9.97. The molecule has 1 atom stereocenters. The fourth-order valence-electron chi connectivity index (χ4n) is 1.92. The van der Waals surface area contributed by atoms with Gasteiger partial charge < -0.3 is 16.2 Å². The number of nitrogen functional groups attached to an aromatic ring is 1. The number of nitrogens with zero attached hydrogens (tertiary/aromatic N) is 1. The van der Waals surface area contributed by atoms with E-state index in [1.807, 2.05) is 0 Å². The van der Waals surface area contributed by atoms with E-state index in [0.29, 0.717) is 30.1 Å². The number of anilines is 1. The van der Waals surface area contributed by atoms with Crippen molar-refractivity contribution in [1.29, 1.82) is 0 Å². The Balaban J connectivity index is 1.88. The van der Waals surface area contributed by atoms with Crippen LogP contribution in [0.25, 0.3) is 10.2 Å². The van der Waals surface area contributed by atoms with Crippen LogP contribution >= 0.6 is 11.3 Å². The highest BCUT2D eigenvalue weighted by Gasteiger charge is 2.11. The van der Waals surface area contributed by atoms with Gasteiger partial charge in [-0.1, -0.05) is 18.3 Å². The van der Waals surface area contributed by atoms with E-state index < -0.39 is 11.9 Å². The van der Waals surface area contributed by atoms with Crippen molar-refractivity contribution in [2.24, 2.45) is 5.92 Å². The molecule has 0 saturated carbocycles. The molecule has 0 aliphatic rings. The molecular formula is C14H17N3O3S. The number of carboxylic acids is 1. The Bertz CT molecular complexity index is 669. The van der Waals surface area contributed by atoms with Crippen LogP contribution in [0.4, 0.5) is 5.13 Å². The average Bonchev–Trinajstić information content (AvgIpc) is 2.81. The van der Waals surface area contributed by atoms with Gasteiger partial charge in [-0.05, 0) is 31.0 Å². The number of carbonyl (C=O) groups excluding carboxylic acids is 1. The molecule has 0 spiro atoms. The Labute approximate surface area is 126 Å². The third-order valence-electron chi connectivity index (χ3n) is 3.19. The summed E-state index contributed by atoms with van der Waals surface area (Å²) in [7, 11) is 0. The lowest BCUT2D eigenvalue weighted by Crippen LogP contribution is -2.25. The van der Waals surface area contributed by atoms with E-state index >= 15 is 0 Å². The largest absolute Gasteiger partial charge is 0.481 e. The molecule has 6 nitrogen and oxygen atoms in total. The number of carbonyl (C=O) groups is 2. The topological polar surface area (TPSA) is 105 Å². The predicted molar refractivity (Wildman–Crippen MR) is 82.4 cm³/mol. The van der Waals surface area contributed by atoms with Crippen molar-refractivity contribution in [3.63, 3.8) is 0 Å². The van der Waals surface area contributed by atoms with Gasteiger partial charge in [0.05, 0.1) is 16.1 Å². The van der Waals surface area contributed by atoms with Crippen molar-refractivity contribution in [3.05, 3.63) is 23.8 Å². The summed E-state index contributed by atoms with van der Waals surface area (Å²) in [6.07, 6.45) is 1.18. The molecule has 0 aliphatic heterocycles. The molecule has 7 heteroatoms. The molecule has 0 bridgehead atoms. The highest BCUT2D eigenvalue weighted by Crippen LogP contribution is 2.24. The second kappa shape index (κ2) is 6.53. The molecule has 1 amide bonds. The van der Waals surface area contributed by atoms with Crippen molar-refractivity contribution in [3.8, 4) is 0 Å². The number of rotatable bonds is 6. The van der Waals surface area contributed by atoms with Gasteiger partial charge in [0.2, 0.25) is 0 Å². The van der Waals surface area contributed by atoms with Crippen molar-refractivity contribution in [1.82, 2.24) is 10.3 Å². The summed E-state index contributed by atoms with van der Waals surface area (Å²) in [6, 6.07) is 5.23. The zero-order valence-electron chi connectivity index (χ0n) is 11.6. The van der Waals surface area contributed by atoms with Crippen LogP contribution < -0.4 is 11.1 Å². The van der Waals surface area contributed by atoms with Gasteiger partial charge in [-0.15, -0.1) is 0 Å². The predicted octanol–water partition coefficient (Wildman–Crippen LogP) is 2.11. The Morgan fingerprint density at radius 2 is 2.24 bits per heavy atom. The highest BCUT2D eigenvalue weighted by molar-refractivity contribution is 7.22. The average molecular weight is 307 g/mol. The summed E-state index contributed by atoms with van der Waals surface area (Å²) in [4.78, 5) is 26.8. The van der Waals surface area contributed by atoms with Gasteiger partial charge in [0.15, 0.2) is 5.13 Å². The number of hydrogen-bond donors (Lipinski definition) is 3. The van der Waals surface area contributed by atoms with Crippen LogP contribution in [0.2, 0.25) is 0 Å². The minimum atomic E-state index is -0.811. The zero-order chi connectivity index (χ0) is 15.4. The van der Waals surface area contributed by atoms with Crippen molar-refractivity contribution in [2.45, 2.75) is 19.8 Å². The second-order valence-corrected chi connectivity index (χ2v) is 5.93. The van der Waals surface area contributed by atoms with E-state index in [1.54, 1.807) is 25.1 Å². The molecule has 1 aromatic heterocycles. The lowest BCUT2D eigenvalue weighted by molar-refractivity contribution is -0.141. The number of amides is 1. The maximum Gasteiger partial charge on any atom is 0.306 e. The number of fused-ring (bicyclic) bond motifs is 1. The number of carboxylic acid groups (broad SMARTS) is 1. The van der Waals surface area contributed by atoms with E-state index in [-0.39, 0.29) is 5.91 Å². The lowest BCUT2D eigenvalue weighted by atomic mass is 10.1. The molecule has 2 aromatic rings.